The first-order valence-electron chi connectivity index (χ1n) is 4.70. The summed E-state index contributed by atoms with van der Waals surface area (Å²) in [7, 11) is 1.64. The van der Waals surface area contributed by atoms with Gasteiger partial charge < -0.3 is 10.1 Å². The van der Waals surface area contributed by atoms with Crippen molar-refractivity contribution in [2.45, 2.75) is 45.0 Å². The lowest BCUT2D eigenvalue weighted by Crippen LogP contribution is -2.32. The van der Waals surface area contributed by atoms with Crippen LogP contribution in [0.3, 0.4) is 0 Å². The molecule has 0 bridgehead atoms. The third-order valence-electron chi connectivity index (χ3n) is 1.82. The number of likely N-dealkylation sites (N-methyl/N-ethyl adjacent to an activating group) is 1. The molecule has 0 aliphatic heterocycles. The summed E-state index contributed by atoms with van der Waals surface area (Å²) in [4.78, 5) is 0. The molecule has 1 unspecified atom stereocenters. The van der Waals surface area contributed by atoms with Gasteiger partial charge in [0, 0.05) is 12.5 Å². The van der Waals surface area contributed by atoms with E-state index in [-0.39, 0.29) is 18.6 Å². The van der Waals surface area contributed by atoms with Gasteiger partial charge in [-0.25, -0.2) is 0 Å². The zero-order valence-electron chi connectivity index (χ0n) is 8.82. The topological polar surface area (TPSA) is 21.3 Å². The molecule has 0 spiro atoms. The molecule has 1 N–H and O–H groups in total. The highest BCUT2D eigenvalue weighted by molar-refractivity contribution is 4.66. The molecule has 14 heavy (non-hydrogen) atoms. The molecule has 5 heteroatoms. The number of alkyl halides is 3. The number of rotatable bonds is 6. The van der Waals surface area contributed by atoms with Crippen molar-refractivity contribution < 1.29 is 17.9 Å². The Morgan fingerprint density at radius 3 is 2.21 bits per heavy atom. The van der Waals surface area contributed by atoms with Crippen molar-refractivity contribution in [1.82, 2.24) is 5.32 Å². The summed E-state index contributed by atoms with van der Waals surface area (Å²) in [5, 5.41) is 2.80. The largest absolute Gasteiger partial charge is 0.389 e. The average molecular weight is 213 g/mol. The third kappa shape index (κ3) is 8.31. The van der Waals surface area contributed by atoms with Gasteiger partial charge in [-0.2, -0.15) is 13.2 Å². The lowest BCUT2D eigenvalue weighted by molar-refractivity contribution is -0.137. The summed E-state index contributed by atoms with van der Waals surface area (Å²) in [6.07, 6.45) is -4.73. The van der Waals surface area contributed by atoms with Crippen LogP contribution in [0.15, 0.2) is 0 Å². The Kier molecular flexibility index (Phi) is 6.11. The monoisotopic (exact) mass is 213 g/mol. The van der Waals surface area contributed by atoms with E-state index in [1.165, 1.54) is 0 Å². The third-order valence-corrected chi connectivity index (χ3v) is 1.82. The highest BCUT2D eigenvalue weighted by atomic mass is 19.4. The minimum Gasteiger partial charge on any atom is -0.377 e. The summed E-state index contributed by atoms with van der Waals surface area (Å²) in [6, 6.07) is -0.223. The van der Waals surface area contributed by atoms with Crippen LogP contribution in [-0.2, 0) is 4.74 Å². The maximum absolute atomic E-state index is 11.9. The summed E-state index contributed by atoms with van der Waals surface area (Å²) in [6.45, 7) is 4.04. The van der Waals surface area contributed by atoms with Crippen LogP contribution >= 0.6 is 0 Å². The first-order valence-corrected chi connectivity index (χ1v) is 4.70. The van der Waals surface area contributed by atoms with Crippen molar-refractivity contribution in [3.8, 4) is 0 Å². The lowest BCUT2D eigenvalue weighted by atomic mass is 10.1. The standard InChI is InChI=1S/C9H18F3NO/c1-7(2)14-6-8(13-3)4-5-9(10,11)12/h7-8,13H,4-6H2,1-3H3. The fourth-order valence-electron chi connectivity index (χ4n) is 0.958. The molecule has 0 heterocycles. The van der Waals surface area contributed by atoms with Gasteiger partial charge in [-0.05, 0) is 27.3 Å². The van der Waals surface area contributed by atoms with E-state index in [0.29, 0.717) is 6.61 Å². The van der Waals surface area contributed by atoms with Crippen LogP contribution in [0.25, 0.3) is 0 Å². The van der Waals surface area contributed by atoms with Crippen molar-refractivity contribution in [2.75, 3.05) is 13.7 Å². The zero-order valence-corrected chi connectivity index (χ0v) is 8.82. The van der Waals surface area contributed by atoms with E-state index in [1.54, 1.807) is 7.05 Å². The minimum atomic E-state index is -4.08. The highest BCUT2D eigenvalue weighted by Gasteiger charge is 2.27. The van der Waals surface area contributed by atoms with Gasteiger partial charge in [0.05, 0.1) is 12.7 Å². The minimum absolute atomic E-state index is 0.0525. The number of hydrogen-bond donors (Lipinski definition) is 1. The normalized spacial score (nSPS) is 14.8. The van der Waals surface area contributed by atoms with Gasteiger partial charge in [-0.15, -0.1) is 0 Å². The van der Waals surface area contributed by atoms with E-state index in [4.69, 9.17) is 4.74 Å². The quantitative estimate of drug-likeness (QED) is 0.731. The molecule has 0 radical (unpaired) electrons. The van der Waals surface area contributed by atoms with Gasteiger partial charge in [-0.1, -0.05) is 0 Å². The smallest absolute Gasteiger partial charge is 0.377 e. The van der Waals surface area contributed by atoms with E-state index in [2.05, 4.69) is 5.32 Å². The molecule has 0 saturated heterocycles. The second-order valence-corrected chi connectivity index (χ2v) is 3.52. The number of ether oxygens (including phenoxy) is 1. The second-order valence-electron chi connectivity index (χ2n) is 3.52. The summed E-state index contributed by atoms with van der Waals surface area (Å²) in [5.41, 5.74) is 0. The molecule has 0 aliphatic rings. The Morgan fingerprint density at radius 2 is 1.86 bits per heavy atom. The molecule has 0 amide bonds. The second kappa shape index (κ2) is 6.24. The first-order chi connectivity index (χ1) is 6.35. The van der Waals surface area contributed by atoms with Gasteiger partial charge in [0.1, 0.15) is 0 Å². The molecule has 0 aromatic rings. The molecule has 0 aliphatic carbocycles. The zero-order chi connectivity index (χ0) is 11.2. The van der Waals surface area contributed by atoms with Crippen LogP contribution in [0.5, 0.6) is 0 Å². The van der Waals surface area contributed by atoms with E-state index < -0.39 is 12.6 Å². The van der Waals surface area contributed by atoms with Crippen LogP contribution in [0.4, 0.5) is 13.2 Å². The van der Waals surface area contributed by atoms with Crippen LogP contribution in [0.1, 0.15) is 26.7 Å². The van der Waals surface area contributed by atoms with Crippen molar-refractivity contribution in [2.24, 2.45) is 0 Å². The van der Waals surface area contributed by atoms with Crippen LogP contribution < -0.4 is 5.32 Å². The van der Waals surface area contributed by atoms with Gasteiger partial charge in [0.25, 0.3) is 0 Å². The molecule has 1 atom stereocenters. The molecule has 0 rings (SSSR count). The van der Waals surface area contributed by atoms with Crippen molar-refractivity contribution >= 4 is 0 Å². The maximum atomic E-state index is 11.9. The molecule has 0 saturated carbocycles. The Labute approximate surface area is 82.8 Å². The SMILES string of the molecule is CNC(CCC(F)(F)F)COC(C)C. The van der Waals surface area contributed by atoms with Crippen molar-refractivity contribution in [1.29, 1.82) is 0 Å². The van der Waals surface area contributed by atoms with E-state index in [0.717, 1.165) is 0 Å². The molecule has 0 aromatic heterocycles. The van der Waals surface area contributed by atoms with Crippen LogP contribution in [0, 0.1) is 0 Å². The lowest BCUT2D eigenvalue weighted by Gasteiger charge is -2.18. The van der Waals surface area contributed by atoms with Crippen molar-refractivity contribution in [3.63, 3.8) is 0 Å². The van der Waals surface area contributed by atoms with Crippen molar-refractivity contribution in [3.05, 3.63) is 0 Å². The summed E-state index contributed by atoms with van der Waals surface area (Å²) >= 11 is 0. The highest BCUT2D eigenvalue weighted by Crippen LogP contribution is 2.22. The maximum Gasteiger partial charge on any atom is 0.389 e. The molecule has 0 aromatic carbocycles. The Hall–Kier alpha value is -0.290. The predicted molar refractivity (Wildman–Crippen MR) is 49.2 cm³/mol. The number of nitrogens with one attached hydrogen (secondary N) is 1. The summed E-state index contributed by atoms with van der Waals surface area (Å²) in [5.74, 6) is 0. The van der Waals surface area contributed by atoms with Gasteiger partial charge in [0.15, 0.2) is 0 Å². The Morgan fingerprint density at radius 1 is 1.29 bits per heavy atom. The molecule has 86 valence electrons. The molecular weight excluding hydrogens is 195 g/mol. The van der Waals surface area contributed by atoms with Crippen LogP contribution in [-0.4, -0.2) is 32.0 Å². The van der Waals surface area contributed by atoms with Gasteiger partial charge in [0.2, 0.25) is 0 Å². The van der Waals surface area contributed by atoms with Crippen LogP contribution in [0.2, 0.25) is 0 Å². The van der Waals surface area contributed by atoms with E-state index in [1.807, 2.05) is 13.8 Å². The average Bonchev–Trinajstić information content (AvgIpc) is 2.02. The fraction of sp³-hybridized carbons (Fsp3) is 1.00. The van der Waals surface area contributed by atoms with Gasteiger partial charge >= 0.3 is 6.18 Å². The molecular formula is C9H18F3NO. The fourth-order valence-corrected chi connectivity index (χ4v) is 0.958. The Balaban J connectivity index is 3.69. The van der Waals surface area contributed by atoms with Gasteiger partial charge in [-0.3, -0.25) is 0 Å². The molecule has 2 nitrogen and oxygen atoms in total. The molecule has 0 fully saturated rings. The number of hydrogen-bond acceptors (Lipinski definition) is 2. The number of halogens is 3. The van der Waals surface area contributed by atoms with E-state index in [9.17, 15) is 13.2 Å². The summed E-state index contributed by atoms with van der Waals surface area (Å²) < 4.78 is 40.9. The predicted octanol–water partition coefficient (Wildman–Crippen LogP) is 2.34. The van der Waals surface area contributed by atoms with E-state index >= 15 is 0 Å². The first kappa shape index (κ1) is 13.7. The Bertz CT molecular complexity index is 147.